The number of ether oxygens (including phenoxy) is 1. The Morgan fingerprint density at radius 2 is 1.95 bits per heavy atom. The lowest BCUT2D eigenvalue weighted by Gasteiger charge is -2.36. The minimum absolute atomic E-state index is 0.0187. The number of hydrogen-bond donors (Lipinski definition) is 0. The van der Waals surface area contributed by atoms with Crippen LogP contribution in [0.1, 0.15) is 59.3 Å². The van der Waals surface area contributed by atoms with Gasteiger partial charge in [-0.3, -0.25) is 4.79 Å². The second-order valence-electron chi connectivity index (χ2n) is 6.26. The van der Waals surface area contributed by atoms with Gasteiger partial charge in [-0.25, -0.2) is 0 Å². The Hall–Kier alpha value is -1.08. The van der Waals surface area contributed by atoms with E-state index in [-0.39, 0.29) is 11.9 Å². The van der Waals surface area contributed by atoms with Crippen LogP contribution in [0.15, 0.2) is 0 Å². The summed E-state index contributed by atoms with van der Waals surface area (Å²) in [5, 5.41) is 9.69. The van der Waals surface area contributed by atoms with Gasteiger partial charge in [0.05, 0.1) is 12.7 Å². The summed E-state index contributed by atoms with van der Waals surface area (Å²) in [6, 6.07) is 2.57. The standard InChI is InChI=1S/C17H30N2O2/c1-5-9-17(13-18,10-6-2)16(20)19(11-12-21-4)14(3)15-7-8-15/h14-15H,5-12H2,1-4H3. The topological polar surface area (TPSA) is 53.3 Å². The van der Waals surface area contributed by atoms with E-state index in [2.05, 4.69) is 13.0 Å². The lowest BCUT2D eigenvalue weighted by Crippen LogP contribution is -2.49. The quantitative estimate of drug-likeness (QED) is 0.620. The van der Waals surface area contributed by atoms with Gasteiger partial charge in [0.2, 0.25) is 5.91 Å². The van der Waals surface area contributed by atoms with Crippen LogP contribution in [0.4, 0.5) is 0 Å². The normalized spacial score (nSPS) is 16.3. The maximum Gasteiger partial charge on any atom is 0.243 e. The largest absolute Gasteiger partial charge is 0.383 e. The molecule has 0 aromatic heterocycles. The summed E-state index contributed by atoms with van der Waals surface area (Å²) in [6.07, 6.45) is 5.40. The molecular weight excluding hydrogens is 264 g/mol. The van der Waals surface area contributed by atoms with Crippen LogP contribution < -0.4 is 0 Å². The number of hydrogen-bond acceptors (Lipinski definition) is 3. The minimum Gasteiger partial charge on any atom is -0.383 e. The summed E-state index contributed by atoms with van der Waals surface area (Å²) >= 11 is 0. The van der Waals surface area contributed by atoms with Crippen molar-refractivity contribution in [3.63, 3.8) is 0 Å². The molecule has 0 N–H and O–H groups in total. The Morgan fingerprint density at radius 3 is 2.33 bits per heavy atom. The van der Waals surface area contributed by atoms with Crippen molar-refractivity contribution < 1.29 is 9.53 Å². The first-order valence-electron chi connectivity index (χ1n) is 8.27. The third-order valence-electron chi connectivity index (χ3n) is 4.57. The van der Waals surface area contributed by atoms with E-state index in [4.69, 9.17) is 4.74 Å². The molecular formula is C17H30N2O2. The first-order valence-corrected chi connectivity index (χ1v) is 8.27. The number of amides is 1. The molecule has 0 aliphatic heterocycles. The SMILES string of the molecule is CCCC(C#N)(CCC)C(=O)N(CCOC)C(C)C1CC1. The monoisotopic (exact) mass is 294 g/mol. The molecule has 1 atom stereocenters. The van der Waals surface area contributed by atoms with Gasteiger partial charge in [-0.2, -0.15) is 5.26 Å². The van der Waals surface area contributed by atoms with E-state index in [9.17, 15) is 10.1 Å². The summed E-state index contributed by atoms with van der Waals surface area (Å²) in [4.78, 5) is 15.0. The van der Waals surface area contributed by atoms with E-state index in [1.807, 2.05) is 18.7 Å². The Labute approximate surface area is 129 Å². The number of rotatable bonds is 10. The maximum atomic E-state index is 13.1. The second kappa shape index (κ2) is 8.38. The fraction of sp³-hybridized carbons (Fsp3) is 0.882. The highest BCUT2D eigenvalue weighted by molar-refractivity contribution is 5.85. The number of carbonyl (C=O) groups is 1. The summed E-state index contributed by atoms with van der Waals surface area (Å²) in [6.45, 7) is 7.31. The van der Waals surface area contributed by atoms with E-state index in [0.717, 1.165) is 12.8 Å². The molecule has 0 saturated heterocycles. The molecule has 4 heteroatoms. The van der Waals surface area contributed by atoms with Crippen molar-refractivity contribution in [2.45, 2.75) is 65.3 Å². The first-order chi connectivity index (χ1) is 10.1. The molecule has 1 aliphatic rings. The summed E-state index contributed by atoms with van der Waals surface area (Å²) in [7, 11) is 1.65. The highest BCUT2D eigenvalue weighted by Crippen LogP contribution is 2.38. The molecule has 0 aromatic carbocycles. The Morgan fingerprint density at radius 1 is 1.38 bits per heavy atom. The molecule has 0 heterocycles. The molecule has 0 radical (unpaired) electrons. The number of carbonyl (C=O) groups excluding carboxylic acids is 1. The van der Waals surface area contributed by atoms with Crippen LogP contribution in [-0.2, 0) is 9.53 Å². The molecule has 0 aromatic rings. The van der Waals surface area contributed by atoms with Crippen molar-refractivity contribution in [2.75, 3.05) is 20.3 Å². The summed E-state index contributed by atoms with van der Waals surface area (Å²) in [5.41, 5.74) is -0.847. The zero-order valence-corrected chi connectivity index (χ0v) is 14.0. The smallest absolute Gasteiger partial charge is 0.243 e. The van der Waals surface area contributed by atoms with Gasteiger partial charge in [-0.1, -0.05) is 26.7 Å². The predicted molar refractivity (Wildman–Crippen MR) is 83.6 cm³/mol. The van der Waals surface area contributed by atoms with Crippen molar-refractivity contribution in [3.05, 3.63) is 0 Å². The zero-order valence-electron chi connectivity index (χ0n) is 14.0. The van der Waals surface area contributed by atoms with E-state index in [0.29, 0.717) is 31.9 Å². The Kier molecular flexibility index (Phi) is 7.17. The van der Waals surface area contributed by atoms with Crippen molar-refractivity contribution in [3.8, 4) is 6.07 Å². The average molecular weight is 294 g/mol. The number of methoxy groups -OCH3 is 1. The van der Waals surface area contributed by atoms with Gasteiger partial charge in [-0.05, 0) is 38.5 Å². The molecule has 120 valence electrons. The number of nitriles is 1. The minimum atomic E-state index is -0.847. The fourth-order valence-corrected chi connectivity index (χ4v) is 3.14. The molecule has 4 nitrogen and oxygen atoms in total. The third-order valence-corrected chi connectivity index (χ3v) is 4.57. The summed E-state index contributed by atoms with van der Waals surface area (Å²) < 4.78 is 5.16. The Bertz CT molecular complexity index is 365. The van der Waals surface area contributed by atoms with E-state index in [1.165, 1.54) is 12.8 Å². The molecule has 0 spiro atoms. The van der Waals surface area contributed by atoms with Crippen LogP contribution in [0.5, 0.6) is 0 Å². The molecule has 21 heavy (non-hydrogen) atoms. The third kappa shape index (κ3) is 4.44. The molecule has 1 rings (SSSR count). The average Bonchev–Trinajstić information content (AvgIpc) is 3.31. The van der Waals surface area contributed by atoms with Gasteiger partial charge in [0.15, 0.2) is 0 Å². The van der Waals surface area contributed by atoms with Crippen LogP contribution in [0, 0.1) is 22.7 Å². The van der Waals surface area contributed by atoms with Gasteiger partial charge in [0, 0.05) is 19.7 Å². The first kappa shape index (κ1) is 18.0. The fourth-order valence-electron chi connectivity index (χ4n) is 3.14. The van der Waals surface area contributed by atoms with Gasteiger partial charge in [-0.15, -0.1) is 0 Å². The van der Waals surface area contributed by atoms with Crippen LogP contribution in [-0.4, -0.2) is 37.1 Å². The van der Waals surface area contributed by atoms with Crippen LogP contribution in [0.2, 0.25) is 0 Å². The van der Waals surface area contributed by atoms with Gasteiger partial charge in [0.1, 0.15) is 5.41 Å². The molecule has 1 unspecified atom stereocenters. The van der Waals surface area contributed by atoms with Crippen LogP contribution >= 0.6 is 0 Å². The lowest BCUT2D eigenvalue weighted by molar-refractivity contribution is -0.143. The Balaban J connectivity index is 2.95. The lowest BCUT2D eigenvalue weighted by atomic mass is 9.79. The van der Waals surface area contributed by atoms with Crippen LogP contribution in [0.25, 0.3) is 0 Å². The van der Waals surface area contributed by atoms with Crippen molar-refractivity contribution in [1.82, 2.24) is 4.90 Å². The van der Waals surface area contributed by atoms with Crippen LogP contribution in [0.3, 0.4) is 0 Å². The van der Waals surface area contributed by atoms with E-state index >= 15 is 0 Å². The van der Waals surface area contributed by atoms with Gasteiger partial charge >= 0.3 is 0 Å². The summed E-state index contributed by atoms with van der Waals surface area (Å²) in [5.74, 6) is 0.621. The molecule has 0 bridgehead atoms. The zero-order chi connectivity index (χ0) is 15.9. The van der Waals surface area contributed by atoms with Gasteiger partial charge < -0.3 is 9.64 Å². The van der Waals surface area contributed by atoms with E-state index in [1.54, 1.807) is 7.11 Å². The van der Waals surface area contributed by atoms with Crippen molar-refractivity contribution in [1.29, 1.82) is 5.26 Å². The van der Waals surface area contributed by atoms with Gasteiger partial charge in [0.25, 0.3) is 0 Å². The van der Waals surface area contributed by atoms with E-state index < -0.39 is 5.41 Å². The van der Waals surface area contributed by atoms with Crippen molar-refractivity contribution >= 4 is 5.91 Å². The second-order valence-corrected chi connectivity index (χ2v) is 6.26. The molecule has 1 aliphatic carbocycles. The molecule has 1 fully saturated rings. The maximum absolute atomic E-state index is 13.1. The molecule has 1 amide bonds. The number of nitrogens with zero attached hydrogens (tertiary/aromatic N) is 2. The highest BCUT2D eigenvalue weighted by Gasteiger charge is 2.43. The molecule has 1 saturated carbocycles. The highest BCUT2D eigenvalue weighted by atomic mass is 16.5. The predicted octanol–water partition coefficient (Wildman–Crippen LogP) is 3.37. The van der Waals surface area contributed by atoms with Crippen molar-refractivity contribution in [2.24, 2.45) is 11.3 Å².